The molecule has 2 N–H and O–H groups in total. The summed E-state index contributed by atoms with van der Waals surface area (Å²) < 4.78 is 1.10. The minimum absolute atomic E-state index is 0. The van der Waals surface area contributed by atoms with E-state index in [1.54, 1.807) is 0 Å². The fourth-order valence-corrected chi connectivity index (χ4v) is 1.65. The zero-order valence-electron chi connectivity index (χ0n) is 7.17. The van der Waals surface area contributed by atoms with Gasteiger partial charge in [0.1, 0.15) is 0 Å². The molecular weight excluding hydrogens is 237 g/mol. The average molecular weight is 251 g/mol. The Labute approximate surface area is 87.9 Å². The van der Waals surface area contributed by atoms with Crippen molar-refractivity contribution in [3.8, 4) is 0 Å². The zero-order chi connectivity index (χ0) is 8.43. The maximum atomic E-state index is 5.73. The smallest absolute Gasteiger partial charge is 0.0266 e. The predicted octanol–water partition coefficient (Wildman–Crippen LogP) is 3.20. The van der Waals surface area contributed by atoms with Crippen molar-refractivity contribution in [2.45, 2.75) is 19.9 Å². The first-order valence-corrected chi connectivity index (χ1v) is 4.41. The minimum atomic E-state index is 0. The van der Waals surface area contributed by atoms with E-state index in [-0.39, 0.29) is 18.4 Å². The molecular formula is C9H13BrClN. The van der Waals surface area contributed by atoms with Crippen LogP contribution in [0.15, 0.2) is 22.7 Å². The van der Waals surface area contributed by atoms with Gasteiger partial charge in [0.05, 0.1) is 0 Å². The summed E-state index contributed by atoms with van der Waals surface area (Å²) in [6.45, 7) is 4.05. The summed E-state index contributed by atoms with van der Waals surface area (Å²) >= 11 is 3.43. The fourth-order valence-electron chi connectivity index (χ4n) is 1.03. The van der Waals surface area contributed by atoms with Crippen molar-refractivity contribution in [1.82, 2.24) is 0 Å². The second-order valence-corrected chi connectivity index (χ2v) is 3.77. The summed E-state index contributed by atoms with van der Waals surface area (Å²) in [5.41, 5.74) is 8.15. The lowest BCUT2D eigenvalue weighted by atomic mass is 10.1. The van der Waals surface area contributed by atoms with Crippen LogP contribution in [0.1, 0.15) is 24.1 Å². The minimum Gasteiger partial charge on any atom is -0.324 e. The number of hydrogen-bond acceptors (Lipinski definition) is 1. The van der Waals surface area contributed by atoms with E-state index in [0.29, 0.717) is 0 Å². The molecule has 0 heterocycles. The highest BCUT2D eigenvalue weighted by molar-refractivity contribution is 9.10. The molecule has 12 heavy (non-hydrogen) atoms. The number of nitrogens with two attached hydrogens (primary N) is 1. The molecule has 1 nitrogen and oxygen atoms in total. The molecule has 1 aromatic carbocycles. The number of hydrogen-bond donors (Lipinski definition) is 1. The van der Waals surface area contributed by atoms with Crippen LogP contribution in [-0.4, -0.2) is 0 Å². The van der Waals surface area contributed by atoms with Gasteiger partial charge in [0.2, 0.25) is 0 Å². The Balaban J connectivity index is 0.00000121. The second-order valence-electron chi connectivity index (χ2n) is 2.85. The highest BCUT2D eigenvalue weighted by Gasteiger charge is 2.00. The van der Waals surface area contributed by atoms with Gasteiger partial charge in [-0.05, 0) is 37.1 Å². The lowest BCUT2D eigenvalue weighted by Gasteiger charge is -2.06. The maximum absolute atomic E-state index is 5.73. The first-order chi connectivity index (χ1) is 5.09. The van der Waals surface area contributed by atoms with Crippen LogP contribution in [0.2, 0.25) is 0 Å². The Kier molecular flexibility index (Phi) is 4.83. The third-order valence-electron chi connectivity index (χ3n) is 1.59. The van der Waals surface area contributed by atoms with Crippen molar-refractivity contribution in [3.63, 3.8) is 0 Å². The van der Waals surface area contributed by atoms with E-state index in [2.05, 4.69) is 41.1 Å². The van der Waals surface area contributed by atoms with Crippen LogP contribution in [0.3, 0.4) is 0 Å². The largest absolute Gasteiger partial charge is 0.324 e. The summed E-state index contributed by atoms with van der Waals surface area (Å²) in [5.74, 6) is 0. The Morgan fingerprint density at radius 1 is 1.33 bits per heavy atom. The summed E-state index contributed by atoms with van der Waals surface area (Å²) in [5, 5.41) is 0. The van der Waals surface area contributed by atoms with E-state index in [4.69, 9.17) is 5.73 Å². The van der Waals surface area contributed by atoms with Gasteiger partial charge in [-0.2, -0.15) is 0 Å². The molecule has 0 amide bonds. The average Bonchev–Trinajstić information content (AvgIpc) is 1.85. The molecule has 1 atom stereocenters. The van der Waals surface area contributed by atoms with Gasteiger partial charge in [0.15, 0.2) is 0 Å². The molecule has 0 unspecified atom stereocenters. The molecule has 0 bridgehead atoms. The molecule has 0 spiro atoms. The van der Waals surface area contributed by atoms with Crippen LogP contribution in [0, 0.1) is 6.92 Å². The number of halogens is 2. The number of aryl methyl sites for hydroxylation is 1. The fraction of sp³-hybridized carbons (Fsp3) is 0.333. The van der Waals surface area contributed by atoms with E-state index in [1.165, 1.54) is 11.1 Å². The van der Waals surface area contributed by atoms with E-state index < -0.39 is 0 Å². The van der Waals surface area contributed by atoms with E-state index >= 15 is 0 Å². The monoisotopic (exact) mass is 249 g/mol. The van der Waals surface area contributed by atoms with Gasteiger partial charge in [-0.25, -0.2) is 0 Å². The van der Waals surface area contributed by atoms with Gasteiger partial charge < -0.3 is 5.73 Å². The van der Waals surface area contributed by atoms with Gasteiger partial charge in [-0.1, -0.05) is 22.0 Å². The van der Waals surface area contributed by atoms with Crippen LogP contribution in [0.5, 0.6) is 0 Å². The predicted molar refractivity (Wildman–Crippen MR) is 58.7 cm³/mol. The first kappa shape index (κ1) is 11.9. The molecule has 1 aromatic rings. The highest BCUT2D eigenvalue weighted by atomic mass is 79.9. The van der Waals surface area contributed by atoms with Gasteiger partial charge >= 0.3 is 0 Å². The van der Waals surface area contributed by atoms with Crippen molar-refractivity contribution in [2.75, 3.05) is 0 Å². The Morgan fingerprint density at radius 2 is 1.92 bits per heavy atom. The molecule has 0 aliphatic rings. The molecule has 0 aliphatic heterocycles. The van der Waals surface area contributed by atoms with Crippen LogP contribution in [-0.2, 0) is 0 Å². The molecule has 0 radical (unpaired) electrons. The molecule has 0 saturated heterocycles. The highest BCUT2D eigenvalue weighted by Crippen LogP contribution is 2.18. The summed E-state index contributed by atoms with van der Waals surface area (Å²) in [6.07, 6.45) is 0. The molecule has 0 aromatic heterocycles. The van der Waals surface area contributed by atoms with Gasteiger partial charge in [0.25, 0.3) is 0 Å². The molecule has 0 fully saturated rings. The quantitative estimate of drug-likeness (QED) is 0.814. The van der Waals surface area contributed by atoms with E-state index in [9.17, 15) is 0 Å². The van der Waals surface area contributed by atoms with Gasteiger partial charge in [-0.15, -0.1) is 12.4 Å². The van der Waals surface area contributed by atoms with Crippen LogP contribution in [0.4, 0.5) is 0 Å². The van der Waals surface area contributed by atoms with Crippen molar-refractivity contribution in [2.24, 2.45) is 5.73 Å². The molecule has 3 heteroatoms. The van der Waals surface area contributed by atoms with Crippen molar-refractivity contribution in [1.29, 1.82) is 0 Å². The molecule has 68 valence electrons. The van der Waals surface area contributed by atoms with Crippen molar-refractivity contribution >= 4 is 28.3 Å². The standard InChI is InChI=1S/C9H12BrN.ClH/c1-6-3-8(7(2)11)5-9(10)4-6;/h3-5,7H,11H2,1-2H3;1H/t7-;/m0./s1. The Hall–Kier alpha value is -0.0500. The molecule has 0 saturated carbocycles. The van der Waals surface area contributed by atoms with Crippen LogP contribution >= 0.6 is 28.3 Å². The van der Waals surface area contributed by atoms with E-state index in [0.717, 1.165) is 4.47 Å². The third-order valence-corrected chi connectivity index (χ3v) is 2.05. The second kappa shape index (κ2) is 4.85. The SMILES string of the molecule is Cc1cc(Br)cc([C@H](C)N)c1.Cl. The third kappa shape index (κ3) is 3.13. The maximum Gasteiger partial charge on any atom is 0.0266 e. The zero-order valence-corrected chi connectivity index (χ0v) is 9.58. The topological polar surface area (TPSA) is 26.0 Å². The summed E-state index contributed by atoms with van der Waals surface area (Å²) in [7, 11) is 0. The van der Waals surface area contributed by atoms with Crippen LogP contribution in [0.25, 0.3) is 0 Å². The summed E-state index contributed by atoms with van der Waals surface area (Å²) in [4.78, 5) is 0. The summed E-state index contributed by atoms with van der Waals surface area (Å²) in [6, 6.07) is 6.35. The normalized spacial score (nSPS) is 12.0. The van der Waals surface area contributed by atoms with Gasteiger partial charge in [-0.3, -0.25) is 0 Å². The van der Waals surface area contributed by atoms with Crippen molar-refractivity contribution in [3.05, 3.63) is 33.8 Å². The number of benzene rings is 1. The van der Waals surface area contributed by atoms with Gasteiger partial charge in [0, 0.05) is 10.5 Å². The molecule has 1 rings (SSSR count). The van der Waals surface area contributed by atoms with Crippen LogP contribution < -0.4 is 5.73 Å². The lowest BCUT2D eigenvalue weighted by Crippen LogP contribution is -2.04. The van der Waals surface area contributed by atoms with E-state index in [1.807, 2.05) is 6.92 Å². The Bertz CT molecular complexity index is 240. The first-order valence-electron chi connectivity index (χ1n) is 3.62. The van der Waals surface area contributed by atoms with Crippen molar-refractivity contribution < 1.29 is 0 Å². The Morgan fingerprint density at radius 3 is 2.33 bits per heavy atom. The lowest BCUT2D eigenvalue weighted by molar-refractivity contribution is 0.816. The molecule has 0 aliphatic carbocycles. The number of rotatable bonds is 1.